The van der Waals surface area contributed by atoms with Crippen molar-refractivity contribution in [2.75, 3.05) is 5.73 Å². The van der Waals surface area contributed by atoms with Gasteiger partial charge in [-0.05, 0) is 25.7 Å². The molecule has 0 aromatic carbocycles. The van der Waals surface area contributed by atoms with Gasteiger partial charge in [-0.15, -0.1) is 5.10 Å². The third kappa shape index (κ3) is 1.21. The van der Waals surface area contributed by atoms with Gasteiger partial charge in [0.25, 0.3) is 0 Å². The largest absolute Gasteiger partial charge is 0.382 e. The minimum Gasteiger partial charge on any atom is -0.382 e. The minimum absolute atomic E-state index is 0.523. The van der Waals surface area contributed by atoms with Crippen LogP contribution >= 0.6 is 0 Å². The van der Waals surface area contributed by atoms with Crippen LogP contribution in [-0.4, -0.2) is 15.0 Å². The topological polar surface area (TPSA) is 56.7 Å². The monoisotopic (exact) mass is 192 g/mol. The summed E-state index contributed by atoms with van der Waals surface area (Å²) in [5, 5.41) is 8.41. The zero-order chi connectivity index (χ0) is 9.54. The van der Waals surface area contributed by atoms with Gasteiger partial charge in [0.15, 0.2) is 0 Å². The molecule has 0 aliphatic heterocycles. The molecule has 3 rings (SSSR count). The van der Waals surface area contributed by atoms with Gasteiger partial charge in [0.05, 0.1) is 6.04 Å². The van der Waals surface area contributed by atoms with Gasteiger partial charge in [-0.3, -0.25) is 0 Å². The molecule has 4 nitrogen and oxygen atoms in total. The maximum Gasteiger partial charge on any atom is 0.146 e. The van der Waals surface area contributed by atoms with Gasteiger partial charge in [-0.1, -0.05) is 18.1 Å². The van der Waals surface area contributed by atoms with E-state index in [1.54, 1.807) is 0 Å². The zero-order valence-electron chi connectivity index (χ0n) is 8.32. The summed E-state index contributed by atoms with van der Waals surface area (Å²) in [5.41, 5.74) is 7.11. The lowest BCUT2D eigenvalue weighted by Gasteiger charge is -2.10. The molecule has 0 bridgehead atoms. The van der Waals surface area contributed by atoms with Crippen molar-refractivity contribution in [3.63, 3.8) is 0 Å². The maximum absolute atomic E-state index is 6.06. The average Bonchev–Trinajstić information content (AvgIpc) is 2.76. The van der Waals surface area contributed by atoms with E-state index in [0.29, 0.717) is 12.0 Å². The first-order valence-electron chi connectivity index (χ1n) is 5.57. The van der Waals surface area contributed by atoms with Gasteiger partial charge < -0.3 is 5.73 Å². The van der Waals surface area contributed by atoms with E-state index in [1.807, 2.05) is 4.68 Å². The highest BCUT2D eigenvalue weighted by atomic mass is 15.5. The highest BCUT2D eigenvalue weighted by Crippen LogP contribution is 2.42. The van der Waals surface area contributed by atoms with Crippen LogP contribution in [0.5, 0.6) is 0 Å². The average molecular weight is 192 g/mol. The van der Waals surface area contributed by atoms with Crippen molar-refractivity contribution in [2.45, 2.75) is 50.5 Å². The van der Waals surface area contributed by atoms with Crippen LogP contribution in [0.1, 0.15) is 56.2 Å². The predicted molar refractivity (Wildman–Crippen MR) is 53.9 cm³/mol. The number of hydrogen-bond acceptors (Lipinski definition) is 3. The molecular formula is C10H16N4. The first-order valence-corrected chi connectivity index (χ1v) is 5.57. The van der Waals surface area contributed by atoms with Gasteiger partial charge in [0.2, 0.25) is 0 Å². The quantitative estimate of drug-likeness (QED) is 0.778. The van der Waals surface area contributed by atoms with Crippen LogP contribution in [0.15, 0.2) is 0 Å². The zero-order valence-corrected chi connectivity index (χ0v) is 8.32. The second-order valence-corrected chi connectivity index (χ2v) is 4.52. The maximum atomic E-state index is 6.06. The molecule has 2 aliphatic rings. The van der Waals surface area contributed by atoms with E-state index < -0.39 is 0 Å². The van der Waals surface area contributed by atoms with E-state index in [0.717, 1.165) is 11.5 Å². The molecule has 2 aliphatic carbocycles. The Balaban J connectivity index is 1.89. The molecule has 1 aromatic heterocycles. The first kappa shape index (κ1) is 8.26. The number of nitrogens with zero attached hydrogens (tertiary/aromatic N) is 3. The number of nitrogens with two attached hydrogens (primary N) is 1. The third-order valence-electron chi connectivity index (χ3n) is 3.39. The molecule has 0 spiro atoms. The highest BCUT2D eigenvalue weighted by molar-refractivity contribution is 5.39. The van der Waals surface area contributed by atoms with Gasteiger partial charge in [-0.25, -0.2) is 4.68 Å². The summed E-state index contributed by atoms with van der Waals surface area (Å²) in [4.78, 5) is 0. The molecule has 76 valence electrons. The molecule has 2 saturated carbocycles. The smallest absolute Gasteiger partial charge is 0.146 e. The van der Waals surface area contributed by atoms with Crippen molar-refractivity contribution in [1.29, 1.82) is 0 Å². The Morgan fingerprint density at radius 1 is 1.14 bits per heavy atom. The Kier molecular flexibility index (Phi) is 1.75. The van der Waals surface area contributed by atoms with Crippen molar-refractivity contribution in [3.05, 3.63) is 5.69 Å². The van der Waals surface area contributed by atoms with E-state index in [2.05, 4.69) is 10.3 Å². The molecule has 2 fully saturated rings. The number of anilines is 1. The molecule has 0 saturated heterocycles. The van der Waals surface area contributed by atoms with E-state index in [1.165, 1.54) is 38.5 Å². The Morgan fingerprint density at radius 3 is 2.50 bits per heavy atom. The van der Waals surface area contributed by atoms with Crippen LogP contribution in [-0.2, 0) is 0 Å². The van der Waals surface area contributed by atoms with Crippen LogP contribution in [0.25, 0.3) is 0 Å². The van der Waals surface area contributed by atoms with Crippen molar-refractivity contribution in [1.82, 2.24) is 15.0 Å². The van der Waals surface area contributed by atoms with Gasteiger partial charge >= 0.3 is 0 Å². The lowest BCUT2D eigenvalue weighted by atomic mass is 10.2. The summed E-state index contributed by atoms with van der Waals surface area (Å²) >= 11 is 0. The number of nitrogen functional groups attached to an aromatic ring is 1. The number of hydrogen-bond donors (Lipinski definition) is 1. The molecule has 2 N–H and O–H groups in total. The van der Waals surface area contributed by atoms with Crippen LogP contribution in [0.4, 0.5) is 5.82 Å². The Labute approximate surface area is 83.5 Å². The Hall–Kier alpha value is -1.06. The lowest BCUT2D eigenvalue weighted by molar-refractivity contribution is 0.460. The second-order valence-electron chi connectivity index (χ2n) is 4.52. The summed E-state index contributed by atoms with van der Waals surface area (Å²) in [6.45, 7) is 0. The predicted octanol–water partition coefficient (Wildman–Crippen LogP) is 1.85. The molecular weight excluding hydrogens is 176 g/mol. The normalized spacial score (nSPS) is 23.1. The van der Waals surface area contributed by atoms with Gasteiger partial charge in [-0.2, -0.15) is 0 Å². The van der Waals surface area contributed by atoms with Crippen molar-refractivity contribution < 1.29 is 0 Å². The Morgan fingerprint density at radius 2 is 1.86 bits per heavy atom. The van der Waals surface area contributed by atoms with Crippen molar-refractivity contribution >= 4 is 5.82 Å². The van der Waals surface area contributed by atoms with Crippen molar-refractivity contribution in [3.8, 4) is 0 Å². The standard InChI is InChI=1S/C10H16N4/c11-10-9(7-5-6-7)12-13-14(10)8-3-1-2-4-8/h7-8H,1-6,11H2. The summed E-state index contributed by atoms with van der Waals surface area (Å²) in [7, 11) is 0. The fourth-order valence-corrected chi connectivity index (χ4v) is 2.38. The SMILES string of the molecule is Nc1c(C2CC2)nnn1C1CCCC1. The van der Waals surface area contributed by atoms with E-state index in [9.17, 15) is 0 Å². The summed E-state index contributed by atoms with van der Waals surface area (Å²) < 4.78 is 1.96. The number of aromatic nitrogens is 3. The molecule has 4 heteroatoms. The Bertz CT molecular complexity index is 334. The minimum atomic E-state index is 0.523. The second kappa shape index (κ2) is 2.97. The fraction of sp³-hybridized carbons (Fsp3) is 0.800. The third-order valence-corrected chi connectivity index (χ3v) is 3.39. The molecule has 0 radical (unpaired) electrons. The molecule has 0 atom stereocenters. The molecule has 14 heavy (non-hydrogen) atoms. The molecule has 1 aromatic rings. The van der Waals surface area contributed by atoms with Crippen LogP contribution in [0.2, 0.25) is 0 Å². The van der Waals surface area contributed by atoms with Crippen molar-refractivity contribution in [2.24, 2.45) is 0 Å². The fourth-order valence-electron chi connectivity index (χ4n) is 2.38. The highest BCUT2D eigenvalue weighted by Gasteiger charge is 2.31. The molecule has 1 heterocycles. The van der Waals surface area contributed by atoms with E-state index in [-0.39, 0.29) is 0 Å². The molecule has 0 amide bonds. The van der Waals surface area contributed by atoms with Gasteiger partial charge in [0.1, 0.15) is 11.5 Å². The van der Waals surface area contributed by atoms with Crippen LogP contribution in [0.3, 0.4) is 0 Å². The summed E-state index contributed by atoms with van der Waals surface area (Å²) in [5.74, 6) is 1.45. The van der Waals surface area contributed by atoms with E-state index in [4.69, 9.17) is 5.73 Å². The summed E-state index contributed by atoms with van der Waals surface area (Å²) in [6.07, 6.45) is 7.54. The lowest BCUT2D eigenvalue weighted by Crippen LogP contribution is -2.10. The van der Waals surface area contributed by atoms with Crippen LogP contribution < -0.4 is 5.73 Å². The van der Waals surface area contributed by atoms with Crippen LogP contribution in [0, 0.1) is 0 Å². The van der Waals surface area contributed by atoms with Gasteiger partial charge in [0, 0.05) is 5.92 Å². The summed E-state index contributed by atoms with van der Waals surface area (Å²) in [6, 6.07) is 0.523. The first-order chi connectivity index (χ1) is 6.86. The van der Waals surface area contributed by atoms with E-state index >= 15 is 0 Å². The molecule has 0 unspecified atom stereocenters. The number of rotatable bonds is 2.